The van der Waals surface area contributed by atoms with Crippen molar-refractivity contribution in [2.45, 2.75) is 12.8 Å². The Labute approximate surface area is 122 Å². The normalized spacial score (nSPS) is 9.78. The van der Waals surface area contributed by atoms with Gasteiger partial charge in [-0.05, 0) is 24.0 Å². The van der Waals surface area contributed by atoms with Crippen LogP contribution >= 0.6 is 0 Å². The third-order valence-electron chi connectivity index (χ3n) is 2.80. The van der Waals surface area contributed by atoms with E-state index in [2.05, 4.69) is 66.0 Å². The minimum absolute atomic E-state index is 0. The molecule has 0 unspecified atom stereocenters. The van der Waals surface area contributed by atoms with Crippen molar-refractivity contribution < 1.29 is 18.9 Å². The summed E-state index contributed by atoms with van der Waals surface area (Å²) in [6.07, 6.45) is 2.10. The maximum absolute atomic E-state index is 4.56. The molecule has 0 atom stereocenters. The van der Waals surface area contributed by atoms with Crippen LogP contribution in [0.4, 0.5) is 0 Å². The monoisotopic (exact) mass is 231 g/mol. The summed E-state index contributed by atoms with van der Waals surface area (Å²) in [6.45, 7) is 1.85. The molecule has 2 rings (SSSR count). The number of nitrogens with zero attached hydrogens (tertiary/aromatic N) is 1. The van der Waals surface area contributed by atoms with Gasteiger partial charge in [0.1, 0.15) is 0 Å². The topological polar surface area (TPSA) is 14.1 Å². The van der Waals surface area contributed by atoms with E-state index in [0.717, 1.165) is 25.9 Å². The van der Waals surface area contributed by atoms with Crippen molar-refractivity contribution in [3.05, 3.63) is 77.1 Å². The fourth-order valence-electron chi connectivity index (χ4n) is 1.82. The van der Waals surface area contributed by atoms with Gasteiger partial charge in [0.25, 0.3) is 0 Å². The zero-order chi connectivity index (χ0) is 11.8. The van der Waals surface area contributed by atoms with Gasteiger partial charge in [0.05, 0.1) is 0 Å². The summed E-state index contributed by atoms with van der Waals surface area (Å²) in [5.41, 5.74) is 2.74. The zero-order valence-electron chi connectivity index (χ0n) is 11.0. The second kappa shape index (κ2) is 9.00. The summed E-state index contributed by atoms with van der Waals surface area (Å²) >= 11 is 0. The molecular formula is C16H18LiN. The van der Waals surface area contributed by atoms with Gasteiger partial charge in [0.2, 0.25) is 0 Å². The second-order valence-corrected chi connectivity index (χ2v) is 4.14. The van der Waals surface area contributed by atoms with Gasteiger partial charge in [0.15, 0.2) is 0 Å². The summed E-state index contributed by atoms with van der Waals surface area (Å²) in [7, 11) is 0. The minimum Gasteiger partial charge on any atom is -0.662 e. The first-order valence-electron chi connectivity index (χ1n) is 6.16. The van der Waals surface area contributed by atoms with E-state index in [1.807, 2.05) is 0 Å². The maximum Gasteiger partial charge on any atom is 1.00 e. The van der Waals surface area contributed by atoms with Crippen LogP contribution in [0, 0.1) is 0 Å². The average Bonchev–Trinajstić information content (AvgIpc) is 2.41. The molecule has 0 aliphatic heterocycles. The van der Waals surface area contributed by atoms with Crippen LogP contribution in [0.2, 0.25) is 0 Å². The Balaban J connectivity index is 0.00000162. The predicted octanol–water partition coefficient (Wildman–Crippen LogP) is 0.850. The third-order valence-corrected chi connectivity index (χ3v) is 2.80. The first kappa shape index (κ1) is 15.1. The summed E-state index contributed by atoms with van der Waals surface area (Å²) in [6, 6.07) is 21.1. The molecule has 2 aromatic carbocycles. The summed E-state index contributed by atoms with van der Waals surface area (Å²) in [5, 5.41) is 4.56. The van der Waals surface area contributed by atoms with Crippen LogP contribution in [0.3, 0.4) is 0 Å². The van der Waals surface area contributed by atoms with Crippen LogP contribution in [0.25, 0.3) is 5.32 Å². The van der Waals surface area contributed by atoms with Crippen LogP contribution in [-0.4, -0.2) is 13.1 Å². The van der Waals surface area contributed by atoms with Gasteiger partial charge in [-0.2, -0.15) is 0 Å². The van der Waals surface area contributed by atoms with Gasteiger partial charge in [-0.1, -0.05) is 60.7 Å². The summed E-state index contributed by atoms with van der Waals surface area (Å²) < 4.78 is 0. The van der Waals surface area contributed by atoms with Crippen LogP contribution < -0.4 is 18.9 Å². The summed E-state index contributed by atoms with van der Waals surface area (Å²) in [4.78, 5) is 0. The Morgan fingerprint density at radius 3 is 1.39 bits per heavy atom. The number of hydrogen-bond acceptors (Lipinski definition) is 0. The van der Waals surface area contributed by atoms with Gasteiger partial charge >= 0.3 is 18.9 Å². The molecule has 0 amide bonds. The predicted molar refractivity (Wildman–Crippen MR) is 73.4 cm³/mol. The van der Waals surface area contributed by atoms with Gasteiger partial charge in [0, 0.05) is 0 Å². The molecule has 0 heterocycles. The molecular weight excluding hydrogens is 213 g/mol. The molecule has 88 valence electrons. The van der Waals surface area contributed by atoms with Crippen molar-refractivity contribution in [2.75, 3.05) is 13.1 Å². The number of rotatable bonds is 6. The quantitative estimate of drug-likeness (QED) is 0.517. The molecule has 18 heavy (non-hydrogen) atoms. The van der Waals surface area contributed by atoms with E-state index >= 15 is 0 Å². The Morgan fingerprint density at radius 2 is 1.00 bits per heavy atom. The SMILES string of the molecule is [Li+].c1ccc(CC[N-]CCc2ccccc2)cc1. The maximum atomic E-state index is 4.56. The van der Waals surface area contributed by atoms with E-state index in [9.17, 15) is 0 Å². The van der Waals surface area contributed by atoms with Gasteiger partial charge in [-0.15, -0.1) is 13.1 Å². The first-order valence-corrected chi connectivity index (χ1v) is 6.16. The molecule has 0 fully saturated rings. The Morgan fingerprint density at radius 1 is 0.611 bits per heavy atom. The van der Waals surface area contributed by atoms with Gasteiger partial charge in [-0.25, -0.2) is 0 Å². The van der Waals surface area contributed by atoms with Gasteiger partial charge in [-0.3, -0.25) is 0 Å². The van der Waals surface area contributed by atoms with E-state index in [-0.39, 0.29) is 18.9 Å². The summed E-state index contributed by atoms with van der Waals surface area (Å²) in [5.74, 6) is 0. The number of benzene rings is 2. The van der Waals surface area contributed by atoms with E-state index in [1.54, 1.807) is 0 Å². The standard InChI is InChI=1S/C16H18N.Li/c1-3-7-15(8-4-1)11-13-17-14-12-16-9-5-2-6-10-16;/h1-10H,11-14H2;/q-1;+1. The third kappa shape index (κ3) is 5.56. The molecule has 0 N–H and O–H groups in total. The Hall–Kier alpha value is -1.00. The van der Waals surface area contributed by atoms with Gasteiger partial charge < -0.3 is 5.32 Å². The molecule has 0 aliphatic rings. The zero-order valence-corrected chi connectivity index (χ0v) is 11.0. The fourth-order valence-corrected chi connectivity index (χ4v) is 1.82. The molecule has 0 aliphatic carbocycles. The fraction of sp³-hybridized carbons (Fsp3) is 0.250. The number of hydrogen-bond donors (Lipinski definition) is 0. The van der Waals surface area contributed by atoms with Crippen molar-refractivity contribution in [2.24, 2.45) is 0 Å². The van der Waals surface area contributed by atoms with Crippen molar-refractivity contribution in [3.8, 4) is 0 Å². The van der Waals surface area contributed by atoms with E-state index in [4.69, 9.17) is 0 Å². The largest absolute Gasteiger partial charge is 1.00 e. The van der Waals surface area contributed by atoms with E-state index in [0.29, 0.717) is 0 Å². The van der Waals surface area contributed by atoms with Crippen molar-refractivity contribution in [1.29, 1.82) is 0 Å². The van der Waals surface area contributed by atoms with Crippen LogP contribution in [0.15, 0.2) is 60.7 Å². The van der Waals surface area contributed by atoms with E-state index < -0.39 is 0 Å². The van der Waals surface area contributed by atoms with Crippen molar-refractivity contribution in [3.63, 3.8) is 0 Å². The first-order chi connectivity index (χ1) is 8.45. The van der Waals surface area contributed by atoms with E-state index in [1.165, 1.54) is 11.1 Å². The molecule has 1 nitrogen and oxygen atoms in total. The van der Waals surface area contributed by atoms with Crippen molar-refractivity contribution in [1.82, 2.24) is 0 Å². The molecule has 0 saturated carbocycles. The minimum atomic E-state index is 0. The molecule has 0 spiro atoms. The molecule has 2 heteroatoms. The van der Waals surface area contributed by atoms with Crippen molar-refractivity contribution >= 4 is 0 Å². The second-order valence-electron chi connectivity index (χ2n) is 4.14. The Bertz CT molecular complexity index is 372. The van der Waals surface area contributed by atoms with Crippen LogP contribution in [0.5, 0.6) is 0 Å². The molecule has 0 radical (unpaired) electrons. The molecule has 0 saturated heterocycles. The smallest absolute Gasteiger partial charge is 0.662 e. The van der Waals surface area contributed by atoms with Crippen LogP contribution in [0.1, 0.15) is 11.1 Å². The Kier molecular flexibility index (Phi) is 7.53. The molecule has 0 bridgehead atoms. The van der Waals surface area contributed by atoms with Crippen LogP contribution in [-0.2, 0) is 12.8 Å². The molecule has 2 aromatic rings. The average molecular weight is 231 g/mol. The molecule has 0 aromatic heterocycles.